The first-order chi connectivity index (χ1) is 18.9. The maximum absolute atomic E-state index is 14.2. The number of nitrogens with zero attached hydrogens (tertiary/aromatic N) is 2. The van der Waals surface area contributed by atoms with Crippen LogP contribution < -0.4 is 9.62 Å². The molecule has 0 unspecified atom stereocenters. The summed E-state index contributed by atoms with van der Waals surface area (Å²) in [5.41, 5.74) is 4.76. The van der Waals surface area contributed by atoms with Gasteiger partial charge in [-0.25, -0.2) is 8.42 Å². The molecule has 0 bridgehead atoms. The molecule has 0 saturated carbocycles. The Bertz CT molecular complexity index is 1400. The van der Waals surface area contributed by atoms with E-state index in [0.717, 1.165) is 44.8 Å². The molecule has 8 heteroatoms. The number of hydrogen-bond acceptors (Lipinski definition) is 4. The summed E-state index contributed by atoms with van der Waals surface area (Å²) in [6, 6.07) is 21.9. The zero-order valence-corrected chi connectivity index (χ0v) is 25.2. The monoisotopic (exact) mass is 563 g/mol. The van der Waals surface area contributed by atoms with Crippen molar-refractivity contribution in [2.24, 2.45) is 0 Å². The van der Waals surface area contributed by atoms with Gasteiger partial charge < -0.3 is 10.2 Å². The first kappa shape index (κ1) is 30.9. The fourth-order valence-corrected chi connectivity index (χ4v) is 5.71. The highest BCUT2D eigenvalue weighted by atomic mass is 32.2. The number of aryl methyl sites for hydroxylation is 3. The second kappa shape index (κ2) is 13.6. The van der Waals surface area contributed by atoms with Gasteiger partial charge in [-0.05, 0) is 61.9 Å². The number of carbonyl (C=O) groups excluding carboxylic acids is 2. The predicted octanol–water partition coefficient (Wildman–Crippen LogP) is 4.93. The van der Waals surface area contributed by atoms with Gasteiger partial charge in [-0.1, -0.05) is 79.7 Å². The van der Waals surface area contributed by atoms with Crippen molar-refractivity contribution < 1.29 is 18.0 Å². The van der Waals surface area contributed by atoms with E-state index in [1.54, 1.807) is 4.90 Å². The van der Waals surface area contributed by atoms with Crippen LogP contribution in [0.5, 0.6) is 0 Å². The summed E-state index contributed by atoms with van der Waals surface area (Å²) in [6.07, 6.45) is 2.14. The van der Waals surface area contributed by atoms with Gasteiger partial charge in [0.2, 0.25) is 21.8 Å². The molecule has 0 spiro atoms. The molecule has 2 atom stereocenters. The molecule has 0 heterocycles. The normalized spacial score (nSPS) is 12.8. The van der Waals surface area contributed by atoms with Crippen molar-refractivity contribution >= 4 is 27.5 Å². The van der Waals surface area contributed by atoms with Crippen molar-refractivity contribution in [1.29, 1.82) is 0 Å². The van der Waals surface area contributed by atoms with Gasteiger partial charge in [0.15, 0.2) is 0 Å². The molecular weight excluding hydrogens is 522 g/mol. The molecule has 3 aromatic rings. The third kappa shape index (κ3) is 7.94. The standard InChI is InChI=1S/C32H41N3O4S/c1-7-26(5)33-32(37)29(20-27-17-9-8-10-18-27)34(21-28-19-12-11-14-23(28)2)30(36)22-35(40(6,38)39)31-24(3)15-13-16-25(31)4/h8-19,26,29H,7,20-22H2,1-6H3,(H,33,37)/t26-,29-/m1/s1. The molecule has 40 heavy (non-hydrogen) atoms. The quantitative estimate of drug-likeness (QED) is 0.339. The number of nitrogens with one attached hydrogen (secondary N) is 1. The Morgan fingerprint density at radius 2 is 1.43 bits per heavy atom. The van der Waals surface area contributed by atoms with Crippen LogP contribution >= 0.6 is 0 Å². The van der Waals surface area contributed by atoms with E-state index in [9.17, 15) is 18.0 Å². The van der Waals surface area contributed by atoms with E-state index in [-0.39, 0.29) is 18.5 Å². The Morgan fingerprint density at radius 1 is 0.850 bits per heavy atom. The first-order valence-corrected chi connectivity index (χ1v) is 15.5. The van der Waals surface area contributed by atoms with Crippen molar-refractivity contribution in [3.63, 3.8) is 0 Å². The summed E-state index contributed by atoms with van der Waals surface area (Å²) >= 11 is 0. The van der Waals surface area contributed by atoms with Crippen LogP contribution in [0.4, 0.5) is 5.69 Å². The number of rotatable bonds is 12. The Kier molecular flexibility index (Phi) is 10.5. The van der Waals surface area contributed by atoms with Gasteiger partial charge in [-0.2, -0.15) is 0 Å². The van der Waals surface area contributed by atoms with Gasteiger partial charge >= 0.3 is 0 Å². The van der Waals surface area contributed by atoms with E-state index in [4.69, 9.17) is 0 Å². The molecule has 0 radical (unpaired) electrons. The Morgan fingerprint density at radius 3 is 2.00 bits per heavy atom. The van der Waals surface area contributed by atoms with Gasteiger partial charge in [0.1, 0.15) is 12.6 Å². The van der Waals surface area contributed by atoms with Crippen molar-refractivity contribution in [1.82, 2.24) is 10.2 Å². The summed E-state index contributed by atoms with van der Waals surface area (Å²) in [7, 11) is -3.82. The number of anilines is 1. The van der Waals surface area contributed by atoms with Crippen molar-refractivity contribution in [2.75, 3.05) is 17.1 Å². The van der Waals surface area contributed by atoms with Gasteiger partial charge in [0.05, 0.1) is 11.9 Å². The first-order valence-electron chi connectivity index (χ1n) is 13.6. The van der Waals surface area contributed by atoms with Crippen molar-refractivity contribution in [3.05, 3.63) is 101 Å². The van der Waals surface area contributed by atoms with E-state index in [2.05, 4.69) is 5.32 Å². The second-order valence-electron chi connectivity index (χ2n) is 10.5. The Labute approximate surface area is 239 Å². The number of amides is 2. The minimum atomic E-state index is -3.82. The second-order valence-corrected chi connectivity index (χ2v) is 12.4. The molecule has 214 valence electrons. The summed E-state index contributed by atoms with van der Waals surface area (Å²) < 4.78 is 27.3. The SMILES string of the molecule is CC[C@@H](C)NC(=O)[C@@H](Cc1ccccc1)N(Cc1ccccc1C)C(=O)CN(c1c(C)cccc1C)S(C)(=O)=O. The molecule has 3 rings (SSSR count). The maximum atomic E-state index is 14.2. The smallest absolute Gasteiger partial charge is 0.244 e. The third-order valence-electron chi connectivity index (χ3n) is 7.24. The van der Waals surface area contributed by atoms with Crippen molar-refractivity contribution in [3.8, 4) is 0 Å². The lowest BCUT2D eigenvalue weighted by Gasteiger charge is -2.35. The molecule has 0 aliphatic rings. The zero-order valence-electron chi connectivity index (χ0n) is 24.3. The fourth-order valence-electron chi connectivity index (χ4n) is 4.74. The topological polar surface area (TPSA) is 86.8 Å². The largest absolute Gasteiger partial charge is 0.352 e. The fraction of sp³-hybridized carbons (Fsp3) is 0.375. The molecule has 0 aliphatic heterocycles. The van der Waals surface area contributed by atoms with Crippen LogP contribution in [0.3, 0.4) is 0 Å². The maximum Gasteiger partial charge on any atom is 0.244 e. The van der Waals surface area contributed by atoms with Crippen molar-refractivity contribution in [2.45, 2.75) is 66.1 Å². The summed E-state index contributed by atoms with van der Waals surface area (Å²) in [5.74, 6) is -0.713. The Hall–Kier alpha value is -3.65. The van der Waals surface area contributed by atoms with Gasteiger partial charge in [-0.15, -0.1) is 0 Å². The Balaban J connectivity index is 2.11. The molecule has 0 aromatic heterocycles. The number of para-hydroxylation sites is 1. The van der Waals surface area contributed by atoms with Gasteiger partial charge in [-0.3, -0.25) is 13.9 Å². The van der Waals surface area contributed by atoms with Crippen LogP contribution in [-0.2, 0) is 32.6 Å². The van der Waals surface area contributed by atoms with Gasteiger partial charge in [0.25, 0.3) is 0 Å². The van der Waals surface area contributed by atoms with Gasteiger partial charge in [0, 0.05) is 19.0 Å². The molecular formula is C32H41N3O4S. The molecule has 1 N–H and O–H groups in total. The minimum absolute atomic E-state index is 0.0803. The lowest BCUT2D eigenvalue weighted by molar-refractivity contribution is -0.140. The van der Waals surface area contributed by atoms with E-state index in [1.165, 1.54) is 0 Å². The molecule has 0 saturated heterocycles. The molecule has 0 aliphatic carbocycles. The number of benzene rings is 3. The average molecular weight is 564 g/mol. The molecule has 0 fully saturated rings. The molecule has 7 nitrogen and oxygen atoms in total. The summed E-state index contributed by atoms with van der Waals surface area (Å²) in [5, 5.41) is 3.05. The zero-order chi connectivity index (χ0) is 29.4. The predicted molar refractivity (Wildman–Crippen MR) is 162 cm³/mol. The van der Waals surface area contributed by atoms with Crippen LogP contribution in [0.25, 0.3) is 0 Å². The molecule has 3 aromatic carbocycles. The van der Waals surface area contributed by atoms with E-state index >= 15 is 0 Å². The average Bonchev–Trinajstić information content (AvgIpc) is 2.90. The van der Waals surface area contributed by atoms with Crippen LogP contribution in [-0.4, -0.2) is 50.0 Å². The highest BCUT2D eigenvalue weighted by Crippen LogP contribution is 2.27. The highest BCUT2D eigenvalue weighted by molar-refractivity contribution is 7.92. The van der Waals surface area contributed by atoms with Crippen LogP contribution in [0.2, 0.25) is 0 Å². The minimum Gasteiger partial charge on any atom is -0.352 e. The summed E-state index contributed by atoms with van der Waals surface area (Å²) in [6.45, 7) is 9.28. The number of carbonyl (C=O) groups is 2. The lowest BCUT2D eigenvalue weighted by Crippen LogP contribution is -2.54. The number of sulfonamides is 1. The number of hydrogen-bond donors (Lipinski definition) is 1. The van der Waals surface area contributed by atoms with E-state index < -0.39 is 28.5 Å². The third-order valence-corrected chi connectivity index (χ3v) is 8.35. The van der Waals surface area contributed by atoms with Crippen LogP contribution in [0.15, 0.2) is 72.8 Å². The highest BCUT2D eigenvalue weighted by Gasteiger charge is 2.34. The van der Waals surface area contributed by atoms with Crippen LogP contribution in [0, 0.1) is 20.8 Å². The van der Waals surface area contributed by atoms with Crippen LogP contribution in [0.1, 0.15) is 48.1 Å². The van der Waals surface area contributed by atoms with E-state index in [1.807, 2.05) is 107 Å². The summed E-state index contributed by atoms with van der Waals surface area (Å²) in [4.78, 5) is 29.5. The van der Waals surface area contributed by atoms with E-state index in [0.29, 0.717) is 12.1 Å². The molecule has 2 amide bonds. The lowest BCUT2D eigenvalue weighted by atomic mass is 10.0.